The van der Waals surface area contributed by atoms with Crippen LogP contribution >= 0.6 is 0 Å². The van der Waals surface area contributed by atoms with Gasteiger partial charge in [-0.2, -0.15) is 18.3 Å². The highest BCUT2D eigenvalue weighted by atomic mass is 19.4. The summed E-state index contributed by atoms with van der Waals surface area (Å²) in [6.07, 6.45) is -2.27. The molecule has 3 aromatic carbocycles. The quantitative estimate of drug-likeness (QED) is 0.285. The molecule has 4 rings (SSSR count). The maximum Gasteiger partial charge on any atom is 0.418 e. The van der Waals surface area contributed by atoms with Crippen molar-refractivity contribution in [1.29, 1.82) is 0 Å². The average molecular weight is 509 g/mol. The van der Waals surface area contributed by atoms with Crippen molar-refractivity contribution in [3.8, 4) is 11.1 Å². The van der Waals surface area contributed by atoms with E-state index in [0.29, 0.717) is 24.4 Å². The fourth-order valence-electron chi connectivity index (χ4n) is 4.23. The van der Waals surface area contributed by atoms with E-state index >= 15 is 0 Å². The number of nitrogens with one attached hydrogen (secondary N) is 1. The van der Waals surface area contributed by atoms with Crippen LogP contribution in [0.5, 0.6) is 0 Å². The Bertz CT molecular complexity index is 1410. The Labute approximate surface area is 214 Å². The van der Waals surface area contributed by atoms with E-state index in [1.165, 1.54) is 22.4 Å². The maximum absolute atomic E-state index is 12.9. The predicted octanol–water partition coefficient (Wildman–Crippen LogP) is 6.36. The first-order valence-corrected chi connectivity index (χ1v) is 12.2. The molecule has 0 saturated heterocycles. The van der Waals surface area contributed by atoms with E-state index in [9.17, 15) is 18.0 Å². The Morgan fingerprint density at radius 3 is 2.08 bits per heavy atom. The van der Waals surface area contributed by atoms with Crippen molar-refractivity contribution in [1.82, 2.24) is 14.8 Å². The molecule has 0 unspecified atom stereocenters. The minimum Gasteiger partial charge on any atom is -0.398 e. The predicted molar refractivity (Wildman–Crippen MR) is 140 cm³/mol. The molecule has 0 amide bonds. The molecule has 0 atom stereocenters. The van der Waals surface area contributed by atoms with E-state index in [4.69, 9.17) is 5.73 Å². The summed E-state index contributed by atoms with van der Waals surface area (Å²) in [6, 6.07) is 19.7. The molecule has 0 aliphatic rings. The Morgan fingerprint density at radius 2 is 1.49 bits per heavy atom. The Morgan fingerprint density at radius 1 is 0.865 bits per heavy atom. The standard InChI is InChI=1S/C29H31F3N4O/c1-28(2,3)23-14-9-20(10-15-23)18-36-27(37)34-26(35-36)6-4-5-19-7-11-21(12-8-19)22-13-16-24(25(33)17-22)29(30,31)32/h7-17H,4-6,18,33H2,1-3H3,(H,34,35,37). The van der Waals surface area contributed by atoms with Crippen LogP contribution in [0.1, 0.15) is 55.3 Å². The lowest BCUT2D eigenvalue weighted by atomic mass is 9.87. The molecule has 1 heterocycles. The van der Waals surface area contributed by atoms with Crippen molar-refractivity contribution >= 4 is 5.69 Å². The number of aryl methyl sites for hydroxylation is 2. The number of hydrogen-bond acceptors (Lipinski definition) is 3. The summed E-state index contributed by atoms with van der Waals surface area (Å²) in [4.78, 5) is 15.2. The molecule has 194 valence electrons. The number of halogens is 3. The van der Waals surface area contributed by atoms with Crippen molar-refractivity contribution in [2.24, 2.45) is 0 Å². The highest BCUT2D eigenvalue weighted by molar-refractivity contribution is 5.69. The number of nitrogens with two attached hydrogens (primary N) is 1. The number of aromatic amines is 1. The van der Waals surface area contributed by atoms with E-state index in [0.717, 1.165) is 35.6 Å². The highest BCUT2D eigenvalue weighted by Gasteiger charge is 2.32. The minimum atomic E-state index is -4.47. The molecule has 8 heteroatoms. The van der Waals surface area contributed by atoms with Crippen LogP contribution in [0.3, 0.4) is 0 Å². The van der Waals surface area contributed by atoms with E-state index in [-0.39, 0.29) is 16.8 Å². The molecule has 4 aromatic rings. The summed E-state index contributed by atoms with van der Waals surface area (Å²) >= 11 is 0. The van der Waals surface area contributed by atoms with E-state index < -0.39 is 11.7 Å². The van der Waals surface area contributed by atoms with Crippen molar-refractivity contribution < 1.29 is 13.2 Å². The third-order valence-corrected chi connectivity index (χ3v) is 6.40. The van der Waals surface area contributed by atoms with Gasteiger partial charge in [-0.3, -0.25) is 4.98 Å². The summed E-state index contributed by atoms with van der Waals surface area (Å²) in [6.45, 7) is 6.90. The zero-order chi connectivity index (χ0) is 26.8. The van der Waals surface area contributed by atoms with Gasteiger partial charge in [0.05, 0.1) is 12.1 Å². The van der Waals surface area contributed by atoms with Gasteiger partial charge in [-0.15, -0.1) is 0 Å². The molecule has 0 aliphatic carbocycles. The highest BCUT2D eigenvalue weighted by Crippen LogP contribution is 2.35. The van der Waals surface area contributed by atoms with Crippen molar-refractivity contribution in [2.45, 2.75) is 58.2 Å². The van der Waals surface area contributed by atoms with Crippen molar-refractivity contribution in [2.75, 3.05) is 5.73 Å². The lowest BCUT2D eigenvalue weighted by Crippen LogP contribution is -2.19. The maximum atomic E-state index is 12.9. The van der Waals surface area contributed by atoms with Gasteiger partial charge in [0.15, 0.2) is 0 Å². The zero-order valence-corrected chi connectivity index (χ0v) is 21.2. The normalized spacial score (nSPS) is 12.2. The number of anilines is 1. The third-order valence-electron chi connectivity index (χ3n) is 6.40. The first-order valence-electron chi connectivity index (χ1n) is 12.2. The van der Waals surface area contributed by atoms with Gasteiger partial charge in [0.2, 0.25) is 0 Å². The second-order valence-electron chi connectivity index (χ2n) is 10.3. The second kappa shape index (κ2) is 10.3. The molecule has 0 radical (unpaired) electrons. The lowest BCUT2D eigenvalue weighted by Gasteiger charge is -2.19. The summed E-state index contributed by atoms with van der Waals surface area (Å²) in [5, 5.41) is 4.45. The monoisotopic (exact) mass is 508 g/mol. The average Bonchev–Trinajstić information content (AvgIpc) is 3.17. The molecule has 0 aliphatic heterocycles. The molecular formula is C29H31F3N4O. The summed E-state index contributed by atoms with van der Waals surface area (Å²) < 4.78 is 40.3. The molecule has 0 fully saturated rings. The number of H-pyrrole nitrogens is 1. The number of alkyl halides is 3. The number of nitrogen functional groups attached to an aromatic ring is 1. The van der Waals surface area contributed by atoms with E-state index in [2.05, 4.69) is 43.0 Å². The Hall–Kier alpha value is -3.81. The third kappa shape index (κ3) is 6.50. The molecule has 0 spiro atoms. The number of hydrogen-bond donors (Lipinski definition) is 2. The van der Waals surface area contributed by atoms with Crippen LogP contribution in [-0.2, 0) is 31.0 Å². The van der Waals surface area contributed by atoms with Crippen LogP contribution in [-0.4, -0.2) is 14.8 Å². The van der Waals surface area contributed by atoms with Crippen molar-refractivity contribution in [3.05, 3.63) is 105 Å². The first kappa shape index (κ1) is 26.3. The fraction of sp³-hybridized carbons (Fsp3) is 0.310. The molecule has 3 N–H and O–H groups in total. The van der Waals surface area contributed by atoms with Gasteiger partial charge in [-0.05, 0) is 58.2 Å². The van der Waals surface area contributed by atoms with Crippen LogP contribution in [0.4, 0.5) is 18.9 Å². The van der Waals surface area contributed by atoms with Crippen LogP contribution in [0.25, 0.3) is 11.1 Å². The molecule has 0 bridgehead atoms. The fourth-order valence-corrected chi connectivity index (χ4v) is 4.23. The topological polar surface area (TPSA) is 76.7 Å². The summed E-state index contributed by atoms with van der Waals surface area (Å²) in [5.74, 6) is 0.646. The van der Waals surface area contributed by atoms with Gasteiger partial charge in [-0.1, -0.05) is 75.4 Å². The first-order chi connectivity index (χ1) is 17.4. The largest absolute Gasteiger partial charge is 0.418 e. The number of nitrogens with zero attached hydrogens (tertiary/aromatic N) is 2. The van der Waals surface area contributed by atoms with Gasteiger partial charge in [-0.25, -0.2) is 9.48 Å². The van der Waals surface area contributed by atoms with Crippen LogP contribution in [0.15, 0.2) is 71.5 Å². The Kier molecular flexibility index (Phi) is 7.30. The SMILES string of the molecule is CC(C)(C)c1ccc(Cn2nc(CCCc3ccc(-c4ccc(C(F)(F)F)c(N)c4)cc3)[nH]c2=O)cc1. The smallest absolute Gasteiger partial charge is 0.398 e. The summed E-state index contributed by atoms with van der Waals surface area (Å²) in [5.41, 5.74) is 9.12. The van der Waals surface area contributed by atoms with Gasteiger partial charge in [0, 0.05) is 12.1 Å². The lowest BCUT2D eigenvalue weighted by molar-refractivity contribution is -0.136. The molecule has 5 nitrogen and oxygen atoms in total. The van der Waals surface area contributed by atoms with Gasteiger partial charge >= 0.3 is 11.9 Å². The van der Waals surface area contributed by atoms with Gasteiger partial charge in [0.1, 0.15) is 5.82 Å². The zero-order valence-electron chi connectivity index (χ0n) is 21.2. The molecule has 37 heavy (non-hydrogen) atoms. The van der Waals surface area contributed by atoms with Gasteiger partial charge in [0.25, 0.3) is 0 Å². The number of benzene rings is 3. The number of aromatic nitrogens is 3. The Balaban J connectivity index is 1.33. The van der Waals surface area contributed by atoms with Crippen LogP contribution in [0.2, 0.25) is 0 Å². The number of rotatable bonds is 7. The van der Waals surface area contributed by atoms with E-state index in [1.54, 1.807) is 0 Å². The van der Waals surface area contributed by atoms with Crippen LogP contribution < -0.4 is 11.4 Å². The van der Waals surface area contributed by atoms with E-state index in [1.807, 2.05) is 36.4 Å². The molecule has 1 aromatic heterocycles. The molecule has 0 saturated carbocycles. The molecular weight excluding hydrogens is 477 g/mol. The minimum absolute atomic E-state index is 0.0748. The van der Waals surface area contributed by atoms with Crippen molar-refractivity contribution in [3.63, 3.8) is 0 Å². The summed E-state index contributed by atoms with van der Waals surface area (Å²) in [7, 11) is 0. The van der Waals surface area contributed by atoms with Crippen LogP contribution in [0, 0.1) is 0 Å². The van der Waals surface area contributed by atoms with Gasteiger partial charge < -0.3 is 5.73 Å². The second-order valence-corrected chi connectivity index (χ2v) is 10.3.